The summed E-state index contributed by atoms with van der Waals surface area (Å²) in [6, 6.07) is 7.78. The second kappa shape index (κ2) is 6.88. The molecule has 1 unspecified atom stereocenters. The average molecular weight is 298 g/mol. The lowest BCUT2D eigenvalue weighted by atomic mass is 10.0. The van der Waals surface area contributed by atoms with Gasteiger partial charge >= 0.3 is 0 Å². The number of benzene rings is 1. The van der Waals surface area contributed by atoms with E-state index in [9.17, 15) is 4.39 Å². The van der Waals surface area contributed by atoms with Crippen LogP contribution < -0.4 is 5.32 Å². The van der Waals surface area contributed by atoms with Gasteiger partial charge in [0.05, 0.1) is 6.04 Å². The highest BCUT2D eigenvalue weighted by atomic mass is 35.5. The zero-order valence-electron chi connectivity index (χ0n) is 11.5. The van der Waals surface area contributed by atoms with E-state index in [1.165, 1.54) is 12.1 Å². The van der Waals surface area contributed by atoms with Crippen molar-refractivity contribution in [1.82, 2.24) is 5.32 Å². The molecule has 2 aromatic rings. The molecule has 0 saturated carbocycles. The Bertz CT molecular complexity index is 571. The van der Waals surface area contributed by atoms with Gasteiger partial charge in [-0.2, -0.15) is 0 Å². The Balaban J connectivity index is 2.36. The van der Waals surface area contributed by atoms with Crippen LogP contribution in [0.5, 0.6) is 0 Å². The van der Waals surface area contributed by atoms with Crippen molar-refractivity contribution in [1.29, 1.82) is 0 Å². The van der Waals surface area contributed by atoms with Gasteiger partial charge in [-0.3, -0.25) is 0 Å². The first-order valence-electron chi connectivity index (χ1n) is 6.41. The molecule has 0 aliphatic carbocycles. The van der Waals surface area contributed by atoms with Gasteiger partial charge in [0.1, 0.15) is 23.9 Å². The van der Waals surface area contributed by atoms with Gasteiger partial charge in [-0.1, -0.05) is 18.5 Å². The van der Waals surface area contributed by atoms with E-state index < -0.39 is 0 Å². The van der Waals surface area contributed by atoms with Crippen molar-refractivity contribution in [2.45, 2.75) is 19.6 Å². The Morgan fingerprint density at radius 3 is 2.85 bits per heavy atom. The van der Waals surface area contributed by atoms with Crippen LogP contribution in [0.25, 0.3) is 0 Å². The predicted octanol–water partition coefficient (Wildman–Crippen LogP) is 3.92. The van der Waals surface area contributed by atoms with Crippen LogP contribution in [0.3, 0.4) is 0 Å². The van der Waals surface area contributed by atoms with E-state index in [-0.39, 0.29) is 11.9 Å². The lowest BCUT2D eigenvalue weighted by molar-refractivity contribution is 0.162. The van der Waals surface area contributed by atoms with E-state index in [0.717, 1.165) is 0 Å². The number of hydrogen-bond acceptors (Lipinski definition) is 3. The summed E-state index contributed by atoms with van der Waals surface area (Å²) in [5.41, 5.74) is 0.470. The Morgan fingerprint density at radius 1 is 1.35 bits per heavy atom. The summed E-state index contributed by atoms with van der Waals surface area (Å²) >= 11 is 5.96. The molecule has 0 saturated heterocycles. The summed E-state index contributed by atoms with van der Waals surface area (Å²) in [5.74, 6) is 1.03. The van der Waals surface area contributed by atoms with Gasteiger partial charge in [0.2, 0.25) is 0 Å². The lowest BCUT2D eigenvalue weighted by Crippen LogP contribution is -2.22. The lowest BCUT2D eigenvalue weighted by Gasteiger charge is -2.17. The van der Waals surface area contributed by atoms with Gasteiger partial charge in [-0.15, -0.1) is 0 Å². The van der Waals surface area contributed by atoms with Crippen LogP contribution in [-0.2, 0) is 11.3 Å². The normalized spacial score (nSPS) is 12.6. The Morgan fingerprint density at radius 2 is 2.15 bits per heavy atom. The van der Waals surface area contributed by atoms with Crippen molar-refractivity contribution in [2.24, 2.45) is 0 Å². The number of rotatable bonds is 6. The molecule has 3 nitrogen and oxygen atoms in total. The maximum Gasteiger partial charge on any atom is 0.129 e. The quantitative estimate of drug-likeness (QED) is 0.877. The topological polar surface area (TPSA) is 34.4 Å². The fourth-order valence-electron chi connectivity index (χ4n) is 2.07. The highest BCUT2D eigenvalue weighted by molar-refractivity contribution is 6.30. The van der Waals surface area contributed by atoms with E-state index in [1.807, 2.05) is 19.1 Å². The van der Waals surface area contributed by atoms with E-state index >= 15 is 0 Å². The molecule has 1 N–H and O–H groups in total. The molecule has 1 atom stereocenters. The SMILES string of the molecule is CCNC(c1ccc(COC)o1)c1cc(Cl)ccc1F. The molecule has 1 heterocycles. The van der Waals surface area contributed by atoms with Crippen molar-refractivity contribution >= 4 is 11.6 Å². The minimum Gasteiger partial charge on any atom is -0.462 e. The molecule has 0 aliphatic heterocycles. The van der Waals surface area contributed by atoms with Crippen LogP contribution in [-0.4, -0.2) is 13.7 Å². The standard InChI is InChI=1S/C15H17ClFNO2/c1-3-18-15(12-8-10(16)4-6-13(12)17)14-7-5-11(20-14)9-19-2/h4-8,15,18H,3,9H2,1-2H3. The summed E-state index contributed by atoms with van der Waals surface area (Å²) in [4.78, 5) is 0. The Hall–Kier alpha value is -1.36. The van der Waals surface area contributed by atoms with E-state index in [0.29, 0.717) is 35.3 Å². The fraction of sp³-hybridized carbons (Fsp3) is 0.333. The third-order valence-electron chi connectivity index (χ3n) is 2.93. The molecule has 2 rings (SSSR count). The zero-order chi connectivity index (χ0) is 14.5. The van der Waals surface area contributed by atoms with Crippen LogP contribution in [0.15, 0.2) is 34.7 Å². The zero-order valence-corrected chi connectivity index (χ0v) is 12.2. The van der Waals surface area contributed by atoms with Gasteiger partial charge < -0.3 is 14.5 Å². The molecule has 0 fully saturated rings. The maximum absolute atomic E-state index is 14.0. The third-order valence-corrected chi connectivity index (χ3v) is 3.17. The summed E-state index contributed by atoms with van der Waals surface area (Å²) in [7, 11) is 1.60. The van der Waals surface area contributed by atoms with Crippen LogP contribution in [0.1, 0.15) is 30.0 Å². The molecular weight excluding hydrogens is 281 g/mol. The molecule has 0 aliphatic rings. The molecule has 1 aromatic heterocycles. The van der Waals surface area contributed by atoms with Crippen molar-refractivity contribution in [2.75, 3.05) is 13.7 Å². The van der Waals surface area contributed by atoms with Crippen molar-refractivity contribution in [3.8, 4) is 0 Å². The number of nitrogens with one attached hydrogen (secondary N) is 1. The number of furan rings is 1. The van der Waals surface area contributed by atoms with Crippen molar-refractivity contribution < 1.29 is 13.5 Å². The van der Waals surface area contributed by atoms with Crippen LogP contribution in [0, 0.1) is 5.82 Å². The summed E-state index contributed by atoms with van der Waals surface area (Å²) < 4.78 is 24.7. The van der Waals surface area contributed by atoms with Gasteiger partial charge in [-0.25, -0.2) is 4.39 Å². The summed E-state index contributed by atoms with van der Waals surface area (Å²) in [5, 5.41) is 3.70. The highest BCUT2D eigenvalue weighted by Crippen LogP contribution is 2.28. The number of ether oxygens (including phenoxy) is 1. The van der Waals surface area contributed by atoms with Crippen LogP contribution in [0.4, 0.5) is 4.39 Å². The molecule has 0 amide bonds. The Kier molecular flexibility index (Phi) is 5.17. The van der Waals surface area contributed by atoms with Crippen LogP contribution >= 0.6 is 11.6 Å². The molecule has 20 heavy (non-hydrogen) atoms. The Labute approximate surface area is 122 Å². The smallest absolute Gasteiger partial charge is 0.129 e. The minimum atomic E-state index is -0.371. The van der Waals surface area contributed by atoms with Gasteiger partial charge in [0, 0.05) is 17.7 Å². The molecular formula is C15H17ClFNO2. The van der Waals surface area contributed by atoms with Gasteiger partial charge in [0.15, 0.2) is 0 Å². The first-order chi connectivity index (χ1) is 9.65. The van der Waals surface area contributed by atoms with Gasteiger partial charge in [0.25, 0.3) is 0 Å². The summed E-state index contributed by atoms with van der Waals surface area (Å²) in [6.45, 7) is 3.02. The minimum absolute atomic E-state index is 0.315. The molecule has 1 aromatic carbocycles. The largest absolute Gasteiger partial charge is 0.462 e. The number of halogens is 2. The first kappa shape index (κ1) is 15.0. The molecule has 0 spiro atoms. The second-order valence-electron chi connectivity index (χ2n) is 4.39. The van der Waals surface area contributed by atoms with Crippen LogP contribution in [0.2, 0.25) is 5.02 Å². The third kappa shape index (κ3) is 3.39. The fourth-order valence-corrected chi connectivity index (χ4v) is 2.25. The number of hydrogen-bond donors (Lipinski definition) is 1. The van der Waals surface area contributed by atoms with Gasteiger partial charge in [-0.05, 0) is 36.9 Å². The number of methoxy groups -OCH3 is 1. The highest BCUT2D eigenvalue weighted by Gasteiger charge is 2.20. The molecule has 108 valence electrons. The average Bonchev–Trinajstić information content (AvgIpc) is 2.88. The first-order valence-corrected chi connectivity index (χ1v) is 6.79. The van der Waals surface area contributed by atoms with Crippen molar-refractivity contribution in [3.05, 3.63) is 58.3 Å². The van der Waals surface area contributed by atoms with Crippen molar-refractivity contribution in [3.63, 3.8) is 0 Å². The summed E-state index contributed by atoms with van der Waals surface area (Å²) in [6.07, 6.45) is 0. The molecule has 0 bridgehead atoms. The monoisotopic (exact) mass is 297 g/mol. The van der Waals surface area contributed by atoms with E-state index in [2.05, 4.69) is 5.32 Å². The molecule has 0 radical (unpaired) electrons. The second-order valence-corrected chi connectivity index (χ2v) is 4.83. The predicted molar refractivity (Wildman–Crippen MR) is 76.4 cm³/mol. The molecule has 5 heteroatoms. The van der Waals surface area contributed by atoms with E-state index in [1.54, 1.807) is 13.2 Å². The van der Waals surface area contributed by atoms with E-state index in [4.69, 9.17) is 20.8 Å². The maximum atomic E-state index is 14.0.